The van der Waals surface area contributed by atoms with Crippen molar-refractivity contribution >= 4 is 62.3 Å². The lowest BCUT2D eigenvalue weighted by Crippen LogP contribution is -2.53. The lowest BCUT2D eigenvalue weighted by molar-refractivity contribution is -0.140. The van der Waals surface area contributed by atoms with Crippen LogP contribution in [0, 0.1) is 0 Å². The van der Waals surface area contributed by atoms with Crippen LogP contribution in [0.1, 0.15) is 39.2 Å². The minimum Gasteiger partial charge on any atom is -0.352 e. The highest BCUT2D eigenvalue weighted by Gasteiger charge is 2.35. The molecule has 0 saturated heterocycles. The average molecular weight is 625 g/mol. The number of rotatable bonds is 12. The summed E-state index contributed by atoms with van der Waals surface area (Å²) in [6.45, 7) is 4.97. The van der Waals surface area contributed by atoms with Crippen LogP contribution < -0.4 is 9.62 Å². The van der Waals surface area contributed by atoms with Crippen LogP contribution in [0.5, 0.6) is 0 Å². The number of benzene rings is 3. The average Bonchev–Trinajstić information content (AvgIpc) is 2.94. The van der Waals surface area contributed by atoms with E-state index in [1.807, 2.05) is 13.8 Å². The van der Waals surface area contributed by atoms with Gasteiger partial charge in [-0.25, -0.2) is 8.42 Å². The molecule has 0 aliphatic heterocycles. The molecule has 0 radical (unpaired) electrons. The van der Waals surface area contributed by atoms with Crippen molar-refractivity contribution in [3.05, 3.63) is 93.4 Å². The van der Waals surface area contributed by atoms with Gasteiger partial charge in [0.15, 0.2) is 0 Å². The predicted octanol–water partition coefficient (Wildman–Crippen LogP) is 6.56. The summed E-state index contributed by atoms with van der Waals surface area (Å²) in [5.74, 6) is -0.947. The molecule has 2 unspecified atom stereocenters. The summed E-state index contributed by atoms with van der Waals surface area (Å²) < 4.78 is 28.7. The SMILES string of the molecule is CCC(C)NC(=O)C(CC)N(Cc1ccccc1Cl)C(=O)CN(c1cccc(Cl)c1Cl)S(=O)(=O)c1ccccc1. The number of amides is 2. The second kappa shape index (κ2) is 14.2. The van der Waals surface area contributed by atoms with Crippen LogP contribution in [0.2, 0.25) is 15.1 Å². The van der Waals surface area contributed by atoms with Gasteiger partial charge >= 0.3 is 0 Å². The first-order valence-electron chi connectivity index (χ1n) is 12.9. The molecule has 0 saturated carbocycles. The summed E-state index contributed by atoms with van der Waals surface area (Å²) in [7, 11) is -4.26. The van der Waals surface area contributed by atoms with Gasteiger partial charge in [0, 0.05) is 17.6 Å². The van der Waals surface area contributed by atoms with E-state index >= 15 is 0 Å². The Morgan fingerprint density at radius 2 is 1.48 bits per heavy atom. The number of sulfonamides is 1. The molecule has 2 amide bonds. The maximum Gasteiger partial charge on any atom is 0.264 e. The highest BCUT2D eigenvalue weighted by Crippen LogP contribution is 2.35. The summed E-state index contributed by atoms with van der Waals surface area (Å²) in [5.41, 5.74) is 0.659. The summed E-state index contributed by atoms with van der Waals surface area (Å²) in [4.78, 5) is 28.8. The van der Waals surface area contributed by atoms with Gasteiger partial charge in [-0.1, -0.05) is 91.1 Å². The zero-order chi connectivity index (χ0) is 29.4. The minimum atomic E-state index is -4.26. The molecule has 3 rings (SSSR count). The fraction of sp³-hybridized carbons (Fsp3) is 0.310. The monoisotopic (exact) mass is 623 g/mol. The van der Waals surface area contributed by atoms with Gasteiger partial charge in [-0.05, 0) is 55.7 Å². The van der Waals surface area contributed by atoms with Gasteiger partial charge in [0.2, 0.25) is 11.8 Å². The zero-order valence-corrected chi connectivity index (χ0v) is 25.6. The predicted molar refractivity (Wildman–Crippen MR) is 161 cm³/mol. The fourth-order valence-corrected chi connectivity index (χ4v) is 6.18. The smallest absolute Gasteiger partial charge is 0.264 e. The summed E-state index contributed by atoms with van der Waals surface area (Å²) in [6.07, 6.45) is 0.999. The second-order valence-corrected chi connectivity index (χ2v) is 12.3. The van der Waals surface area contributed by atoms with Crippen molar-refractivity contribution in [2.45, 2.75) is 57.1 Å². The van der Waals surface area contributed by atoms with Gasteiger partial charge in [-0.3, -0.25) is 13.9 Å². The van der Waals surface area contributed by atoms with E-state index in [1.54, 1.807) is 55.5 Å². The van der Waals surface area contributed by atoms with E-state index in [0.29, 0.717) is 23.4 Å². The van der Waals surface area contributed by atoms with Gasteiger partial charge in [-0.15, -0.1) is 0 Å². The van der Waals surface area contributed by atoms with E-state index in [0.717, 1.165) is 4.31 Å². The second-order valence-electron chi connectivity index (χ2n) is 9.25. The standard InChI is InChI=1S/C29H32Cl3N3O4S/c1-4-20(3)33-29(37)25(5-2)34(18-21-12-9-10-15-23(21)30)27(36)19-35(26-17-11-16-24(31)28(26)32)40(38,39)22-13-7-6-8-14-22/h6-17,20,25H,4-5,18-19H2,1-3H3,(H,33,37). The van der Waals surface area contributed by atoms with Gasteiger partial charge < -0.3 is 10.2 Å². The van der Waals surface area contributed by atoms with Crippen molar-refractivity contribution in [1.82, 2.24) is 10.2 Å². The number of carbonyl (C=O) groups excluding carboxylic acids is 2. The first-order chi connectivity index (χ1) is 19.0. The Morgan fingerprint density at radius 3 is 2.10 bits per heavy atom. The molecule has 2 atom stereocenters. The summed E-state index contributed by atoms with van der Waals surface area (Å²) in [5, 5.41) is 3.47. The Balaban J connectivity index is 2.10. The molecular weight excluding hydrogens is 593 g/mol. The Bertz CT molecular complexity index is 1440. The maximum atomic E-state index is 14.1. The lowest BCUT2D eigenvalue weighted by atomic mass is 10.1. The number of nitrogens with one attached hydrogen (secondary N) is 1. The van der Waals surface area contributed by atoms with Crippen molar-refractivity contribution in [3.8, 4) is 0 Å². The molecule has 0 spiro atoms. The van der Waals surface area contributed by atoms with Crippen LogP contribution in [0.3, 0.4) is 0 Å². The highest BCUT2D eigenvalue weighted by atomic mass is 35.5. The number of carbonyl (C=O) groups is 2. The zero-order valence-electron chi connectivity index (χ0n) is 22.5. The maximum absolute atomic E-state index is 14.1. The first kappa shape index (κ1) is 31.7. The van der Waals surface area contributed by atoms with Crippen LogP contribution in [0.15, 0.2) is 77.7 Å². The number of halogens is 3. The molecule has 214 valence electrons. The first-order valence-corrected chi connectivity index (χ1v) is 15.4. The van der Waals surface area contributed by atoms with E-state index < -0.39 is 28.5 Å². The third-order valence-corrected chi connectivity index (χ3v) is 9.45. The molecule has 0 aliphatic rings. The lowest BCUT2D eigenvalue weighted by Gasteiger charge is -2.34. The van der Waals surface area contributed by atoms with Crippen LogP contribution in [-0.4, -0.2) is 43.8 Å². The third kappa shape index (κ3) is 7.49. The summed E-state index contributed by atoms with van der Waals surface area (Å²) in [6, 6.07) is 18.3. The van der Waals surface area contributed by atoms with Crippen LogP contribution >= 0.6 is 34.8 Å². The van der Waals surface area contributed by atoms with Gasteiger partial charge in [0.25, 0.3) is 10.0 Å². The largest absolute Gasteiger partial charge is 0.352 e. The molecule has 0 aromatic heterocycles. The molecule has 0 fully saturated rings. The van der Waals surface area contributed by atoms with Crippen LogP contribution in [0.25, 0.3) is 0 Å². The topological polar surface area (TPSA) is 86.8 Å². The molecule has 3 aromatic carbocycles. The Labute approximate surface area is 251 Å². The molecule has 0 aliphatic carbocycles. The Morgan fingerprint density at radius 1 is 0.850 bits per heavy atom. The van der Waals surface area contributed by atoms with E-state index in [1.165, 1.54) is 29.2 Å². The molecule has 3 aromatic rings. The molecule has 40 heavy (non-hydrogen) atoms. The van der Waals surface area contributed by atoms with Crippen molar-refractivity contribution in [2.24, 2.45) is 0 Å². The third-order valence-electron chi connectivity index (χ3n) is 6.50. The molecule has 0 bridgehead atoms. The summed E-state index contributed by atoms with van der Waals surface area (Å²) >= 11 is 19.1. The van der Waals surface area contributed by atoms with Gasteiger partial charge in [-0.2, -0.15) is 0 Å². The highest BCUT2D eigenvalue weighted by molar-refractivity contribution is 7.92. The van der Waals surface area contributed by atoms with Crippen molar-refractivity contribution < 1.29 is 18.0 Å². The number of hydrogen-bond donors (Lipinski definition) is 1. The Hall–Kier alpha value is -2.78. The van der Waals surface area contributed by atoms with E-state index in [9.17, 15) is 18.0 Å². The molecule has 1 N–H and O–H groups in total. The van der Waals surface area contributed by atoms with Crippen molar-refractivity contribution in [3.63, 3.8) is 0 Å². The molecule has 0 heterocycles. The van der Waals surface area contributed by atoms with Crippen molar-refractivity contribution in [2.75, 3.05) is 10.8 Å². The van der Waals surface area contributed by atoms with Crippen LogP contribution in [0.4, 0.5) is 5.69 Å². The van der Waals surface area contributed by atoms with E-state index in [2.05, 4.69) is 5.32 Å². The minimum absolute atomic E-state index is 0.00651. The van der Waals surface area contributed by atoms with E-state index in [4.69, 9.17) is 34.8 Å². The van der Waals surface area contributed by atoms with Gasteiger partial charge in [0.05, 0.1) is 20.6 Å². The molecule has 11 heteroatoms. The Kier molecular flexibility index (Phi) is 11.3. The van der Waals surface area contributed by atoms with E-state index in [-0.39, 0.29) is 39.1 Å². The fourth-order valence-electron chi connectivity index (χ4n) is 4.09. The number of nitrogens with zero attached hydrogens (tertiary/aromatic N) is 2. The number of anilines is 1. The van der Waals surface area contributed by atoms with Gasteiger partial charge in [0.1, 0.15) is 12.6 Å². The van der Waals surface area contributed by atoms with Crippen molar-refractivity contribution in [1.29, 1.82) is 0 Å². The quantitative estimate of drug-likeness (QED) is 0.247. The molecule has 7 nitrogen and oxygen atoms in total. The number of hydrogen-bond acceptors (Lipinski definition) is 4. The molecular formula is C29H32Cl3N3O4S. The van der Waals surface area contributed by atoms with Crippen LogP contribution in [-0.2, 0) is 26.2 Å². The normalized spacial score (nSPS) is 12.8.